The molecule has 0 unspecified atom stereocenters. The minimum Gasteiger partial charge on any atom is -0.255 e. The fourth-order valence-corrected chi connectivity index (χ4v) is 2.37. The van der Waals surface area contributed by atoms with E-state index in [0.29, 0.717) is 11.6 Å². The summed E-state index contributed by atoms with van der Waals surface area (Å²) in [5, 5.41) is 8.40. The highest BCUT2D eigenvalue weighted by atomic mass is 15.2. The van der Waals surface area contributed by atoms with Crippen molar-refractivity contribution in [3.63, 3.8) is 0 Å². The molecule has 0 aliphatic carbocycles. The SMILES string of the molecule is c1ccc(-c2cccc(N=Nc3cccc(-c4ccccn4)n3)n2)nc1. The third-order valence-corrected chi connectivity index (χ3v) is 3.58. The number of hydrogen-bond acceptors (Lipinski definition) is 6. The summed E-state index contributed by atoms with van der Waals surface area (Å²) in [6.45, 7) is 0. The number of rotatable bonds is 4. The highest BCUT2D eigenvalue weighted by molar-refractivity contribution is 5.56. The van der Waals surface area contributed by atoms with Gasteiger partial charge in [-0.15, -0.1) is 10.2 Å². The van der Waals surface area contributed by atoms with Gasteiger partial charge in [0.05, 0.1) is 22.8 Å². The van der Waals surface area contributed by atoms with Crippen LogP contribution in [0.5, 0.6) is 0 Å². The Morgan fingerprint density at radius 3 is 1.35 bits per heavy atom. The van der Waals surface area contributed by atoms with E-state index < -0.39 is 0 Å². The predicted octanol–water partition coefficient (Wildman–Crippen LogP) is 5.02. The Balaban J connectivity index is 1.59. The maximum Gasteiger partial charge on any atom is 0.175 e. The molecule has 0 aromatic carbocycles. The summed E-state index contributed by atoms with van der Waals surface area (Å²) in [5.74, 6) is 0.997. The molecule has 6 nitrogen and oxygen atoms in total. The van der Waals surface area contributed by atoms with Crippen LogP contribution in [0.1, 0.15) is 0 Å². The van der Waals surface area contributed by atoms with E-state index in [1.165, 1.54) is 0 Å². The zero-order valence-electron chi connectivity index (χ0n) is 13.8. The van der Waals surface area contributed by atoms with Gasteiger partial charge in [0.25, 0.3) is 0 Å². The summed E-state index contributed by atoms with van der Waals surface area (Å²) in [4.78, 5) is 17.6. The number of nitrogens with zero attached hydrogens (tertiary/aromatic N) is 6. The second-order valence-corrected chi connectivity index (χ2v) is 5.39. The molecule has 0 saturated carbocycles. The van der Waals surface area contributed by atoms with E-state index in [1.54, 1.807) is 24.5 Å². The van der Waals surface area contributed by atoms with Crippen molar-refractivity contribution in [2.24, 2.45) is 10.2 Å². The predicted molar refractivity (Wildman–Crippen MR) is 99.1 cm³/mol. The third-order valence-electron chi connectivity index (χ3n) is 3.58. The molecule has 0 N–H and O–H groups in total. The van der Waals surface area contributed by atoms with Crippen LogP contribution in [0, 0.1) is 0 Å². The molecule has 4 aromatic rings. The molecule has 124 valence electrons. The van der Waals surface area contributed by atoms with Crippen molar-refractivity contribution in [3.8, 4) is 22.8 Å². The fraction of sp³-hybridized carbons (Fsp3) is 0. The van der Waals surface area contributed by atoms with Gasteiger partial charge in [-0.2, -0.15) is 0 Å². The van der Waals surface area contributed by atoms with Gasteiger partial charge in [0, 0.05) is 12.4 Å². The van der Waals surface area contributed by atoms with E-state index in [4.69, 9.17) is 0 Å². The number of aromatic nitrogens is 4. The van der Waals surface area contributed by atoms with E-state index in [-0.39, 0.29) is 0 Å². The van der Waals surface area contributed by atoms with Crippen molar-refractivity contribution in [1.82, 2.24) is 19.9 Å². The van der Waals surface area contributed by atoms with Crippen molar-refractivity contribution < 1.29 is 0 Å². The second kappa shape index (κ2) is 7.40. The summed E-state index contributed by atoms with van der Waals surface area (Å²) in [6.07, 6.45) is 3.47. The number of hydrogen-bond donors (Lipinski definition) is 0. The molecule has 4 aromatic heterocycles. The number of azo groups is 1. The summed E-state index contributed by atoms with van der Waals surface area (Å²) in [7, 11) is 0. The molecule has 4 rings (SSSR count). The van der Waals surface area contributed by atoms with Gasteiger partial charge >= 0.3 is 0 Å². The van der Waals surface area contributed by atoms with Crippen LogP contribution in [-0.4, -0.2) is 19.9 Å². The Kier molecular flexibility index (Phi) is 4.47. The molecular formula is C20H14N6. The summed E-state index contributed by atoms with van der Waals surface area (Å²) in [5.41, 5.74) is 3.08. The zero-order valence-corrected chi connectivity index (χ0v) is 13.8. The van der Waals surface area contributed by atoms with Gasteiger partial charge in [-0.25, -0.2) is 9.97 Å². The molecule has 0 spiro atoms. The standard InChI is InChI=1S/C20H14N6/c1-3-13-21-15(7-1)17-9-5-11-19(23-17)25-26-20-12-6-10-18(24-20)16-8-2-4-14-22-16/h1-14H. The molecule has 0 aliphatic heterocycles. The van der Waals surface area contributed by atoms with Crippen LogP contribution in [0.3, 0.4) is 0 Å². The minimum absolute atomic E-state index is 0.498. The minimum atomic E-state index is 0.498. The highest BCUT2D eigenvalue weighted by Gasteiger charge is 2.03. The molecule has 26 heavy (non-hydrogen) atoms. The van der Waals surface area contributed by atoms with E-state index in [9.17, 15) is 0 Å². The Morgan fingerprint density at radius 2 is 0.923 bits per heavy atom. The maximum absolute atomic E-state index is 4.48. The van der Waals surface area contributed by atoms with Gasteiger partial charge in [-0.1, -0.05) is 24.3 Å². The Labute approximate surface area is 150 Å². The third kappa shape index (κ3) is 3.64. The van der Waals surface area contributed by atoms with Gasteiger partial charge in [-0.05, 0) is 48.5 Å². The van der Waals surface area contributed by atoms with Crippen LogP contribution >= 0.6 is 0 Å². The van der Waals surface area contributed by atoms with Gasteiger partial charge in [0.2, 0.25) is 0 Å². The van der Waals surface area contributed by atoms with Crippen LogP contribution in [-0.2, 0) is 0 Å². The van der Waals surface area contributed by atoms with E-state index in [2.05, 4.69) is 30.2 Å². The monoisotopic (exact) mass is 338 g/mol. The van der Waals surface area contributed by atoms with Crippen molar-refractivity contribution in [1.29, 1.82) is 0 Å². The van der Waals surface area contributed by atoms with Crippen molar-refractivity contribution in [2.75, 3.05) is 0 Å². The lowest BCUT2D eigenvalue weighted by Crippen LogP contribution is -1.86. The molecular weight excluding hydrogens is 324 g/mol. The van der Waals surface area contributed by atoms with Gasteiger partial charge in [0.15, 0.2) is 11.6 Å². The van der Waals surface area contributed by atoms with Crippen LogP contribution in [0.25, 0.3) is 22.8 Å². The average molecular weight is 338 g/mol. The molecule has 0 aliphatic rings. The average Bonchev–Trinajstić information content (AvgIpc) is 2.74. The van der Waals surface area contributed by atoms with Gasteiger partial charge in [-0.3, -0.25) is 9.97 Å². The van der Waals surface area contributed by atoms with Gasteiger partial charge in [0.1, 0.15) is 0 Å². The maximum atomic E-state index is 4.48. The first-order valence-electron chi connectivity index (χ1n) is 8.07. The highest BCUT2D eigenvalue weighted by Crippen LogP contribution is 2.21. The lowest BCUT2D eigenvalue weighted by Gasteiger charge is -2.01. The van der Waals surface area contributed by atoms with Crippen molar-refractivity contribution in [2.45, 2.75) is 0 Å². The van der Waals surface area contributed by atoms with Crippen molar-refractivity contribution >= 4 is 11.6 Å². The second-order valence-electron chi connectivity index (χ2n) is 5.39. The lowest BCUT2D eigenvalue weighted by molar-refractivity contribution is 1.11. The smallest absolute Gasteiger partial charge is 0.175 e. The largest absolute Gasteiger partial charge is 0.255 e. The molecule has 6 heteroatoms. The molecule has 4 heterocycles. The Bertz CT molecular complexity index is 947. The van der Waals surface area contributed by atoms with Crippen LogP contribution in [0.4, 0.5) is 11.6 Å². The van der Waals surface area contributed by atoms with E-state index >= 15 is 0 Å². The molecule has 0 fully saturated rings. The normalized spacial score (nSPS) is 10.9. The Morgan fingerprint density at radius 1 is 0.462 bits per heavy atom. The molecule has 0 atom stereocenters. The summed E-state index contributed by atoms with van der Waals surface area (Å²) >= 11 is 0. The molecule has 0 radical (unpaired) electrons. The van der Waals surface area contributed by atoms with E-state index in [1.807, 2.05) is 60.7 Å². The van der Waals surface area contributed by atoms with Crippen LogP contribution in [0.15, 0.2) is 95.4 Å². The molecule has 0 bridgehead atoms. The van der Waals surface area contributed by atoms with Crippen molar-refractivity contribution in [3.05, 3.63) is 85.2 Å². The Hall–Kier alpha value is -3.80. The number of pyridine rings is 4. The first-order valence-corrected chi connectivity index (χ1v) is 8.07. The first-order chi connectivity index (χ1) is 12.9. The fourth-order valence-electron chi connectivity index (χ4n) is 2.37. The van der Waals surface area contributed by atoms with Crippen LogP contribution in [0.2, 0.25) is 0 Å². The quantitative estimate of drug-likeness (QED) is 0.490. The lowest BCUT2D eigenvalue weighted by atomic mass is 10.2. The topological polar surface area (TPSA) is 76.3 Å². The molecule has 0 saturated heterocycles. The first kappa shape index (κ1) is 15.7. The van der Waals surface area contributed by atoms with E-state index in [0.717, 1.165) is 22.8 Å². The summed E-state index contributed by atoms with van der Waals surface area (Å²) in [6, 6.07) is 22.5. The van der Waals surface area contributed by atoms with Gasteiger partial charge < -0.3 is 0 Å². The van der Waals surface area contributed by atoms with Crippen LogP contribution < -0.4 is 0 Å². The summed E-state index contributed by atoms with van der Waals surface area (Å²) < 4.78 is 0. The zero-order chi connectivity index (χ0) is 17.6. The molecule has 0 amide bonds.